The van der Waals surface area contributed by atoms with Gasteiger partial charge in [-0.15, -0.1) is 0 Å². The molecule has 0 unspecified atom stereocenters. The molecule has 0 atom stereocenters. The Labute approximate surface area is 133 Å². The van der Waals surface area contributed by atoms with Crippen LogP contribution in [0.5, 0.6) is 5.75 Å². The summed E-state index contributed by atoms with van der Waals surface area (Å²) in [6, 6.07) is 7.58. The number of carbonyl (C=O) groups excluding carboxylic acids is 1. The van der Waals surface area contributed by atoms with E-state index in [0.717, 1.165) is 50.5 Å². The first-order valence-corrected chi connectivity index (χ1v) is 8.48. The van der Waals surface area contributed by atoms with E-state index in [0.29, 0.717) is 6.54 Å². The molecule has 1 aliphatic heterocycles. The van der Waals surface area contributed by atoms with Crippen LogP contribution in [0.1, 0.15) is 43.0 Å². The maximum atomic E-state index is 12.3. The molecule has 1 heterocycles. The second-order valence-corrected chi connectivity index (χ2v) is 5.88. The zero-order chi connectivity index (χ0) is 15.6. The maximum absolute atomic E-state index is 12.3. The summed E-state index contributed by atoms with van der Waals surface area (Å²) in [5.41, 5.74) is 0.775. The van der Waals surface area contributed by atoms with E-state index in [1.54, 1.807) is 0 Å². The molecular weight excluding hydrogens is 276 g/mol. The summed E-state index contributed by atoms with van der Waals surface area (Å²) < 4.78 is 5.71. The molecule has 22 heavy (non-hydrogen) atoms. The lowest BCUT2D eigenvalue weighted by atomic mass is 10.1. The van der Waals surface area contributed by atoms with E-state index in [9.17, 15) is 4.79 Å². The van der Waals surface area contributed by atoms with E-state index < -0.39 is 0 Å². The van der Waals surface area contributed by atoms with Crippen LogP contribution in [0.3, 0.4) is 0 Å². The van der Waals surface area contributed by atoms with E-state index >= 15 is 0 Å². The number of rotatable bonds is 9. The Balaban J connectivity index is 1.74. The van der Waals surface area contributed by atoms with Crippen LogP contribution >= 0.6 is 0 Å². The van der Waals surface area contributed by atoms with Gasteiger partial charge in [-0.3, -0.25) is 9.69 Å². The third-order valence-electron chi connectivity index (χ3n) is 4.02. The molecule has 4 heteroatoms. The number of carbonyl (C=O) groups is 1. The third kappa shape index (κ3) is 5.78. The van der Waals surface area contributed by atoms with Crippen LogP contribution in [0.2, 0.25) is 0 Å². The number of ketones is 1. The highest BCUT2D eigenvalue weighted by atomic mass is 16.5. The van der Waals surface area contributed by atoms with Gasteiger partial charge in [-0.05, 0) is 30.7 Å². The summed E-state index contributed by atoms with van der Waals surface area (Å²) in [5.74, 6) is 1.05. The van der Waals surface area contributed by atoms with E-state index in [-0.39, 0.29) is 5.78 Å². The van der Waals surface area contributed by atoms with Crippen LogP contribution in [-0.2, 0) is 0 Å². The number of unbranched alkanes of at least 4 members (excludes halogenated alkanes) is 3. The zero-order valence-corrected chi connectivity index (χ0v) is 13.6. The van der Waals surface area contributed by atoms with Crippen LogP contribution in [0.25, 0.3) is 0 Å². The van der Waals surface area contributed by atoms with Crippen molar-refractivity contribution in [3.8, 4) is 5.75 Å². The zero-order valence-electron chi connectivity index (χ0n) is 13.6. The lowest BCUT2D eigenvalue weighted by Gasteiger charge is -2.26. The molecule has 1 N–H and O–H groups in total. The van der Waals surface area contributed by atoms with Gasteiger partial charge in [-0.2, -0.15) is 0 Å². The SMILES string of the molecule is CCCCCCOc1ccc(C(=O)CN2CCNCC2)cc1. The number of hydrogen-bond acceptors (Lipinski definition) is 4. The Morgan fingerprint density at radius 1 is 1.14 bits per heavy atom. The highest BCUT2D eigenvalue weighted by molar-refractivity contribution is 5.97. The minimum absolute atomic E-state index is 0.191. The van der Waals surface area contributed by atoms with Crippen molar-refractivity contribution in [3.05, 3.63) is 29.8 Å². The quantitative estimate of drug-likeness (QED) is 0.562. The molecule has 1 aliphatic rings. The second kappa shape index (κ2) is 9.59. The van der Waals surface area contributed by atoms with Crippen LogP contribution in [-0.4, -0.2) is 50.0 Å². The number of piperazine rings is 1. The molecule has 122 valence electrons. The van der Waals surface area contributed by atoms with Crippen LogP contribution in [0, 0.1) is 0 Å². The third-order valence-corrected chi connectivity index (χ3v) is 4.02. The first-order chi connectivity index (χ1) is 10.8. The molecule has 4 nitrogen and oxygen atoms in total. The molecule has 1 aromatic carbocycles. The monoisotopic (exact) mass is 304 g/mol. The molecule has 0 aliphatic carbocycles. The second-order valence-electron chi connectivity index (χ2n) is 5.88. The number of ether oxygens (including phenoxy) is 1. The van der Waals surface area contributed by atoms with E-state index in [2.05, 4.69) is 17.1 Å². The summed E-state index contributed by atoms with van der Waals surface area (Å²) in [7, 11) is 0. The molecule has 0 bridgehead atoms. The minimum atomic E-state index is 0.191. The van der Waals surface area contributed by atoms with Gasteiger partial charge in [0.2, 0.25) is 0 Å². The molecule has 0 saturated carbocycles. The van der Waals surface area contributed by atoms with Crippen molar-refractivity contribution >= 4 is 5.78 Å². The summed E-state index contributed by atoms with van der Waals surface area (Å²) in [5, 5.41) is 3.30. The fraction of sp³-hybridized carbons (Fsp3) is 0.611. The van der Waals surface area contributed by atoms with Crippen molar-refractivity contribution in [2.75, 3.05) is 39.3 Å². The first-order valence-electron chi connectivity index (χ1n) is 8.48. The number of Topliss-reactive ketones (excluding diaryl/α,β-unsaturated/α-hetero) is 1. The van der Waals surface area contributed by atoms with Gasteiger partial charge in [0.15, 0.2) is 5.78 Å². The predicted octanol–water partition coefficient (Wildman–Crippen LogP) is 2.73. The molecule has 0 aromatic heterocycles. The summed E-state index contributed by atoms with van der Waals surface area (Å²) in [6.45, 7) is 7.32. The minimum Gasteiger partial charge on any atom is -0.494 e. The van der Waals surface area contributed by atoms with Gasteiger partial charge in [0.25, 0.3) is 0 Å². The van der Waals surface area contributed by atoms with E-state index in [1.165, 1.54) is 19.3 Å². The smallest absolute Gasteiger partial charge is 0.176 e. The topological polar surface area (TPSA) is 41.6 Å². The van der Waals surface area contributed by atoms with E-state index in [1.807, 2.05) is 24.3 Å². The van der Waals surface area contributed by atoms with Gasteiger partial charge in [0, 0.05) is 31.7 Å². The molecule has 0 spiro atoms. The standard InChI is InChI=1S/C18H28N2O2/c1-2-3-4-5-14-22-17-8-6-16(7-9-17)18(21)15-20-12-10-19-11-13-20/h6-9,19H,2-5,10-15H2,1H3. The number of nitrogens with one attached hydrogen (secondary N) is 1. The van der Waals surface area contributed by atoms with Gasteiger partial charge in [-0.1, -0.05) is 26.2 Å². The Kier molecular flexibility index (Phi) is 7.40. The molecule has 1 aromatic rings. The average molecular weight is 304 g/mol. The van der Waals surface area contributed by atoms with Crippen molar-refractivity contribution in [1.82, 2.24) is 10.2 Å². The highest BCUT2D eigenvalue weighted by Gasteiger charge is 2.14. The van der Waals surface area contributed by atoms with Gasteiger partial charge in [0.05, 0.1) is 13.2 Å². The Morgan fingerprint density at radius 2 is 1.86 bits per heavy atom. The first kappa shape index (κ1) is 17.0. The number of hydrogen-bond donors (Lipinski definition) is 1. The lowest BCUT2D eigenvalue weighted by Crippen LogP contribution is -2.45. The predicted molar refractivity (Wildman–Crippen MR) is 89.7 cm³/mol. The van der Waals surface area contributed by atoms with Gasteiger partial charge >= 0.3 is 0 Å². The van der Waals surface area contributed by atoms with Gasteiger partial charge in [-0.25, -0.2) is 0 Å². The normalized spacial score (nSPS) is 15.7. The van der Waals surface area contributed by atoms with E-state index in [4.69, 9.17) is 4.74 Å². The van der Waals surface area contributed by atoms with Gasteiger partial charge < -0.3 is 10.1 Å². The Hall–Kier alpha value is -1.39. The average Bonchev–Trinajstić information content (AvgIpc) is 2.56. The molecule has 0 radical (unpaired) electrons. The largest absolute Gasteiger partial charge is 0.494 e. The van der Waals surface area contributed by atoms with Gasteiger partial charge in [0.1, 0.15) is 5.75 Å². The summed E-state index contributed by atoms with van der Waals surface area (Å²) >= 11 is 0. The molecule has 2 rings (SSSR count). The summed E-state index contributed by atoms with van der Waals surface area (Å²) in [4.78, 5) is 14.5. The number of benzene rings is 1. The fourth-order valence-corrected chi connectivity index (χ4v) is 2.62. The maximum Gasteiger partial charge on any atom is 0.176 e. The van der Waals surface area contributed by atoms with Crippen molar-refractivity contribution < 1.29 is 9.53 Å². The van der Waals surface area contributed by atoms with Crippen LogP contribution < -0.4 is 10.1 Å². The van der Waals surface area contributed by atoms with Crippen LogP contribution in [0.4, 0.5) is 0 Å². The van der Waals surface area contributed by atoms with Crippen molar-refractivity contribution in [3.63, 3.8) is 0 Å². The van der Waals surface area contributed by atoms with Crippen LogP contribution in [0.15, 0.2) is 24.3 Å². The van der Waals surface area contributed by atoms with Crippen molar-refractivity contribution in [2.45, 2.75) is 32.6 Å². The number of nitrogens with zero attached hydrogens (tertiary/aromatic N) is 1. The molecule has 0 amide bonds. The van der Waals surface area contributed by atoms with Crippen molar-refractivity contribution in [1.29, 1.82) is 0 Å². The molecule has 1 saturated heterocycles. The Morgan fingerprint density at radius 3 is 2.55 bits per heavy atom. The molecular formula is C18H28N2O2. The molecule has 1 fully saturated rings. The fourth-order valence-electron chi connectivity index (χ4n) is 2.62. The highest BCUT2D eigenvalue weighted by Crippen LogP contribution is 2.14. The summed E-state index contributed by atoms with van der Waals surface area (Å²) in [6.07, 6.45) is 4.82. The van der Waals surface area contributed by atoms with Crippen molar-refractivity contribution in [2.24, 2.45) is 0 Å². The Bertz CT molecular complexity index is 439. The lowest BCUT2D eigenvalue weighted by molar-refractivity contribution is 0.0921.